The number of fused-ring (bicyclic) bond motifs is 1. The monoisotopic (exact) mass is 466 g/mol. The number of piperidine rings is 1. The third-order valence-corrected chi connectivity index (χ3v) is 8.65. The van der Waals surface area contributed by atoms with Crippen LogP contribution in [0.25, 0.3) is 10.8 Å². The average Bonchev–Trinajstić information content (AvgIpc) is 2.83. The molecule has 0 aromatic heterocycles. The van der Waals surface area contributed by atoms with Gasteiger partial charge in [-0.15, -0.1) is 18.3 Å². The van der Waals surface area contributed by atoms with Crippen molar-refractivity contribution < 1.29 is 13.2 Å². The number of hydrogen-bond donors (Lipinski definition) is 1. The van der Waals surface area contributed by atoms with Crippen LogP contribution in [-0.4, -0.2) is 37.5 Å². The van der Waals surface area contributed by atoms with Gasteiger partial charge < -0.3 is 5.32 Å². The van der Waals surface area contributed by atoms with Gasteiger partial charge in [-0.05, 0) is 47.9 Å². The van der Waals surface area contributed by atoms with Crippen LogP contribution in [0.4, 0.5) is 5.69 Å². The number of sulfonamides is 1. The topological polar surface area (TPSA) is 66.5 Å². The summed E-state index contributed by atoms with van der Waals surface area (Å²) in [4.78, 5) is 14.2. The van der Waals surface area contributed by atoms with Crippen molar-refractivity contribution >= 4 is 44.2 Å². The lowest BCUT2D eigenvalue weighted by Gasteiger charge is -2.30. The fourth-order valence-electron chi connectivity index (χ4n) is 3.91. The van der Waals surface area contributed by atoms with Gasteiger partial charge in [-0.25, -0.2) is 8.42 Å². The van der Waals surface area contributed by atoms with Crippen LogP contribution in [0.15, 0.2) is 89.2 Å². The molecule has 0 bridgehead atoms. The standard InChI is InChI=1S/C25H26N2O3S2/c1-2-17-31-24-10-6-5-9-23(24)26-25(28)20-13-15-27(16-14-20)32(29,30)22-12-11-19-7-3-4-8-21(19)18-22/h2-12,18,20H,1,13-17H2,(H,26,28). The van der Waals surface area contributed by atoms with Crippen LogP contribution in [0.3, 0.4) is 0 Å². The van der Waals surface area contributed by atoms with E-state index < -0.39 is 10.0 Å². The molecule has 3 aromatic rings. The first-order valence-corrected chi connectivity index (χ1v) is 13.0. The highest BCUT2D eigenvalue weighted by molar-refractivity contribution is 7.99. The van der Waals surface area contributed by atoms with Crippen molar-refractivity contribution in [3.05, 3.63) is 79.4 Å². The first-order valence-electron chi connectivity index (χ1n) is 10.6. The summed E-state index contributed by atoms with van der Waals surface area (Å²) in [6, 6.07) is 20.6. The number of thioether (sulfide) groups is 1. The van der Waals surface area contributed by atoms with Gasteiger partial charge in [0.15, 0.2) is 0 Å². The summed E-state index contributed by atoms with van der Waals surface area (Å²) < 4.78 is 27.8. The molecule has 0 spiro atoms. The summed E-state index contributed by atoms with van der Waals surface area (Å²) in [6.07, 6.45) is 2.83. The van der Waals surface area contributed by atoms with Crippen LogP contribution in [0.5, 0.6) is 0 Å². The minimum atomic E-state index is -3.59. The lowest BCUT2D eigenvalue weighted by Crippen LogP contribution is -2.41. The molecule has 3 aromatic carbocycles. The Morgan fingerprint density at radius 3 is 2.47 bits per heavy atom. The van der Waals surface area contributed by atoms with Crippen molar-refractivity contribution in [1.82, 2.24) is 4.31 Å². The fourth-order valence-corrected chi connectivity index (χ4v) is 6.17. The number of carbonyl (C=O) groups is 1. The first-order chi connectivity index (χ1) is 15.5. The summed E-state index contributed by atoms with van der Waals surface area (Å²) in [6.45, 7) is 4.41. The summed E-state index contributed by atoms with van der Waals surface area (Å²) >= 11 is 1.62. The zero-order chi connectivity index (χ0) is 22.6. The quantitative estimate of drug-likeness (QED) is 0.386. The Labute approximate surface area is 193 Å². The number of hydrogen-bond acceptors (Lipinski definition) is 4. The minimum absolute atomic E-state index is 0.0561. The minimum Gasteiger partial charge on any atom is -0.325 e. The van der Waals surface area contributed by atoms with E-state index in [-0.39, 0.29) is 11.8 Å². The maximum absolute atomic E-state index is 13.2. The van der Waals surface area contributed by atoms with Gasteiger partial charge in [0.2, 0.25) is 15.9 Å². The molecule has 5 nitrogen and oxygen atoms in total. The number of benzene rings is 3. The van der Waals surface area contributed by atoms with E-state index in [4.69, 9.17) is 0 Å². The first kappa shape index (κ1) is 22.6. The van der Waals surface area contributed by atoms with E-state index in [1.807, 2.05) is 60.7 Å². The molecule has 1 heterocycles. The summed E-state index contributed by atoms with van der Waals surface area (Å²) in [5, 5.41) is 4.94. The predicted octanol–water partition coefficient (Wildman–Crippen LogP) is 5.16. The molecule has 0 atom stereocenters. The smallest absolute Gasteiger partial charge is 0.243 e. The second kappa shape index (κ2) is 9.90. The third-order valence-electron chi connectivity index (χ3n) is 5.69. The molecule has 0 unspecified atom stereocenters. The molecule has 4 rings (SSSR count). The second-order valence-corrected chi connectivity index (χ2v) is 10.8. The van der Waals surface area contributed by atoms with Crippen LogP contribution in [0.2, 0.25) is 0 Å². The van der Waals surface area contributed by atoms with Crippen molar-refractivity contribution in [2.75, 3.05) is 24.2 Å². The Balaban J connectivity index is 1.41. The normalized spacial score (nSPS) is 15.5. The molecule has 0 aliphatic carbocycles. The van der Waals surface area contributed by atoms with Gasteiger partial charge in [0.25, 0.3) is 0 Å². The molecule has 0 radical (unpaired) electrons. The van der Waals surface area contributed by atoms with Gasteiger partial charge >= 0.3 is 0 Å². The Morgan fingerprint density at radius 1 is 1.03 bits per heavy atom. The Hall–Kier alpha value is -2.61. The Kier molecular flexibility index (Phi) is 6.98. The van der Waals surface area contributed by atoms with Crippen LogP contribution in [0.1, 0.15) is 12.8 Å². The maximum Gasteiger partial charge on any atom is 0.243 e. The van der Waals surface area contributed by atoms with E-state index in [1.54, 1.807) is 23.9 Å². The van der Waals surface area contributed by atoms with Gasteiger partial charge in [0, 0.05) is 29.7 Å². The Morgan fingerprint density at radius 2 is 1.72 bits per heavy atom. The van der Waals surface area contributed by atoms with Crippen molar-refractivity contribution in [2.45, 2.75) is 22.6 Å². The van der Waals surface area contributed by atoms with Gasteiger partial charge in [-0.1, -0.05) is 48.5 Å². The lowest BCUT2D eigenvalue weighted by molar-refractivity contribution is -0.120. The number of anilines is 1. The molecular formula is C25H26N2O3S2. The lowest BCUT2D eigenvalue weighted by atomic mass is 9.97. The van der Waals surface area contributed by atoms with E-state index in [9.17, 15) is 13.2 Å². The summed E-state index contributed by atoms with van der Waals surface area (Å²) in [5.41, 5.74) is 0.788. The van der Waals surface area contributed by atoms with Crippen LogP contribution >= 0.6 is 11.8 Å². The molecule has 1 aliphatic heterocycles. The number of amides is 1. The second-order valence-electron chi connectivity index (χ2n) is 7.77. The number of rotatable bonds is 7. The van der Waals surface area contributed by atoms with Crippen molar-refractivity contribution in [3.8, 4) is 0 Å². The highest BCUT2D eigenvalue weighted by Crippen LogP contribution is 2.30. The molecule has 1 saturated heterocycles. The molecule has 166 valence electrons. The third kappa shape index (κ3) is 4.90. The predicted molar refractivity (Wildman–Crippen MR) is 131 cm³/mol. The van der Waals surface area contributed by atoms with Crippen molar-refractivity contribution in [2.24, 2.45) is 5.92 Å². The van der Waals surface area contributed by atoms with E-state index in [1.165, 1.54) is 4.31 Å². The molecule has 32 heavy (non-hydrogen) atoms. The number of para-hydroxylation sites is 1. The molecule has 1 fully saturated rings. The fraction of sp³-hybridized carbons (Fsp3) is 0.240. The van der Waals surface area contributed by atoms with Gasteiger partial charge in [0.1, 0.15) is 0 Å². The van der Waals surface area contributed by atoms with Crippen LogP contribution in [0, 0.1) is 5.92 Å². The van der Waals surface area contributed by atoms with Crippen molar-refractivity contribution in [1.29, 1.82) is 0 Å². The number of nitrogens with one attached hydrogen (secondary N) is 1. The molecule has 1 N–H and O–H groups in total. The average molecular weight is 467 g/mol. The molecule has 7 heteroatoms. The Bertz CT molecular complexity index is 1230. The molecule has 1 aliphatic rings. The molecule has 0 saturated carbocycles. The van der Waals surface area contributed by atoms with Crippen LogP contribution < -0.4 is 5.32 Å². The zero-order valence-corrected chi connectivity index (χ0v) is 19.4. The van der Waals surface area contributed by atoms with Gasteiger partial charge in [0.05, 0.1) is 10.6 Å². The number of nitrogens with zero attached hydrogens (tertiary/aromatic N) is 1. The van der Waals surface area contributed by atoms with Crippen molar-refractivity contribution in [3.63, 3.8) is 0 Å². The van der Waals surface area contributed by atoms with E-state index in [0.717, 1.165) is 27.1 Å². The zero-order valence-electron chi connectivity index (χ0n) is 17.7. The SMILES string of the molecule is C=CCSc1ccccc1NC(=O)C1CCN(S(=O)(=O)c2ccc3ccccc3c2)CC1. The highest BCUT2D eigenvalue weighted by Gasteiger charge is 2.32. The van der Waals surface area contributed by atoms with E-state index in [0.29, 0.717) is 30.8 Å². The highest BCUT2D eigenvalue weighted by atomic mass is 32.2. The molecule has 1 amide bonds. The molecular weight excluding hydrogens is 440 g/mol. The van der Waals surface area contributed by atoms with Gasteiger partial charge in [-0.2, -0.15) is 4.31 Å². The van der Waals surface area contributed by atoms with E-state index in [2.05, 4.69) is 11.9 Å². The summed E-state index contributed by atoms with van der Waals surface area (Å²) in [7, 11) is -3.59. The van der Waals surface area contributed by atoms with E-state index >= 15 is 0 Å². The van der Waals surface area contributed by atoms with Gasteiger partial charge in [-0.3, -0.25) is 4.79 Å². The maximum atomic E-state index is 13.2. The largest absolute Gasteiger partial charge is 0.325 e. The summed E-state index contributed by atoms with van der Waals surface area (Å²) in [5.74, 6) is 0.493. The number of carbonyl (C=O) groups excluding carboxylic acids is 1. The van der Waals surface area contributed by atoms with Crippen LogP contribution in [-0.2, 0) is 14.8 Å².